The zero-order chi connectivity index (χ0) is 14.5. The molecule has 0 saturated carbocycles. The molecule has 0 atom stereocenters. The summed E-state index contributed by atoms with van der Waals surface area (Å²) in [5.74, 6) is 0.184. The van der Waals surface area contributed by atoms with Crippen LogP contribution in [0.2, 0.25) is 0 Å². The molecular weight excluding hydrogens is 259 g/mol. The van der Waals surface area contributed by atoms with E-state index >= 15 is 0 Å². The molecule has 0 aliphatic rings. The SMILES string of the molecule is CC(C)n1ccnc(NCCCCC(F)(F)F)c1=O. The van der Waals surface area contributed by atoms with Crippen LogP contribution in [0.25, 0.3) is 0 Å². The number of rotatable bonds is 6. The molecule has 19 heavy (non-hydrogen) atoms. The standard InChI is InChI=1S/C12H18F3N3O/c1-9(2)18-8-7-17-10(11(18)19)16-6-4-3-5-12(13,14)15/h7-9H,3-6H2,1-2H3,(H,16,17). The van der Waals surface area contributed by atoms with Crippen molar-refractivity contribution in [3.8, 4) is 0 Å². The van der Waals surface area contributed by atoms with Crippen LogP contribution in [0.15, 0.2) is 17.2 Å². The van der Waals surface area contributed by atoms with Gasteiger partial charge in [-0.1, -0.05) is 0 Å². The maximum Gasteiger partial charge on any atom is 0.389 e. The minimum absolute atomic E-state index is 0.0151. The molecule has 0 aromatic carbocycles. The Morgan fingerprint density at radius 1 is 1.37 bits per heavy atom. The summed E-state index contributed by atoms with van der Waals surface area (Å²) in [4.78, 5) is 15.8. The highest BCUT2D eigenvalue weighted by molar-refractivity contribution is 5.30. The average molecular weight is 277 g/mol. The number of alkyl halides is 3. The topological polar surface area (TPSA) is 46.9 Å². The molecule has 1 aromatic rings. The van der Waals surface area contributed by atoms with E-state index in [9.17, 15) is 18.0 Å². The van der Waals surface area contributed by atoms with Crippen LogP contribution < -0.4 is 10.9 Å². The lowest BCUT2D eigenvalue weighted by atomic mass is 10.2. The maximum atomic E-state index is 11.9. The first-order chi connectivity index (χ1) is 8.81. The summed E-state index contributed by atoms with van der Waals surface area (Å²) < 4.78 is 37.3. The minimum Gasteiger partial charge on any atom is -0.365 e. The molecule has 4 nitrogen and oxygen atoms in total. The Hall–Kier alpha value is -1.53. The molecule has 1 heterocycles. The molecule has 1 aromatic heterocycles. The number of halogens is 3. The molecule has 1 N–H and O–H groups in total. The van der Waals surface area contributed by atoms with Gasteiger partial charge in [-0.25, -0.2) is 4.98 Å². The van der Waals surface area contributed by atoms with E-state index in [1.165, 1.54) is 10.8 Å². The molecule has 0 spiro atoms. The average Bonchev–Trinajstić information content (AvgIpc) is 2.28. The van der Waals surface area contributed by atoms with Crippen LogP contribution in [0, 0.1) is 0 Å². The molecule has 0 saturated heterocycles. The van der Waals surface area contributed by atoms with Gasteiger partial charge < -0.3 is 9.88 Å². The van der Waals surface area contributed by atoms with E-state index in [0.717, 1.165) is 0 Å². The molecule has 108 valence electrons. The predicted octanol–water partition coefficient (Wildman–Crippen LogP) is 2.97. The van der Waals surface area contributed by atoms with Gasteiger partial charge in [0, 0.05) is 31.4 Å². The van der Waals surface area contributed by atoms with Crippen molar-refractivity contribution in [2.45, 2.75) is 45.3 Å². The molecule has 0 bridgehead atoms. The number of anilines is 1. The van der Waals surface area contributed by atoms with Crippen molar-refractivity contribution in [1.29, 1.82) is 0 Å². The summed E-state index contributed by atoms with van der Waals surface area (Å²) in [6, 6.07) is 0.0151. The first-order valence-electron chi connectivity index (χ1n) is 6.19. The number of hydrogen-bond acceptors (Lipinski definition) is 3. The Balaban J connectivity index is 2.46. The van der Waals surface area contributed by atoms with Gasteiger partial charge in [-0.15, -0.1) is 0 Å². The molecule has 0 fully saturated rings. The van der Waals surface area contributed by atoms with Crippen molar-refractivity contribution in [2.24, 2.45) is 0 Å². The fourth-order valence-corrected chi connectivity index (χ4v) is 1.61. The van der Waals surface area contributed by atoms with Crippen LogP contribution in [-0.4, -0.2) is 22.3 Å². The Morgan fingerprint density at radius 2 is 2.05 bits per heavy atom. The Bertz CT molecular complexity index is 454. The van der Waals surface area contributed by atoms with E-state index in [-0.39, 0.29) is 23.8 Å². The van der Waals surface area contributed by atoms with Gasteiger partial charge in [0.05, 0.1) is 0 Å². The maximum absolute atomic E-state index is 11.9. The van der Waals surface area contributed by atoms with E-state index in [1.807, 2.05) is 13.8 Å². The van der Waals surface area contributed by atoms with Crippen LogP contribution in [0.5, 0.6) is 0 Å². The fourth-order valence-electron chi connectivity index (χ4n) is 1.61. The lowest BCUT2D eigenvalue weighted by Crippen LogP contribution is -2.26. The Labute approximate surface area is 109 Å². The summed E-state index contributed by atoms with van der Waals surface area (Å²) in [6.45, 7) is 4.05. The predicted molar refractivity (Wildman–Crippen MR) is 67.3 cm³/mol. The minimum atomic E-state index is -4.12. The van der Waals surface area contributed by atoms with Crippen molar-refractivity contribution in [3.05, 3.63) is 22.7 Å². The van der Waals surface area contributed by atoms with E-state index in [2.05, 4.69) is 10.3 Å². The lowest BCUT2D eigenvalue weighted by molar-refractivity contribution is -0.135. The van der Waals surface area contributed by atoms with E-state index < -0.39 is 12.6 Å². The smallest absolute Gasteiger partial charge is 0.365 e. The van der Waals surface area contributed by atoms with Crippen LogP contribution in [0.4, 0.5) is 19.0 Å². The highest BCUT2D eigenvalue weighted by Crippen LogP contribution is 2.21. The second-order valence-electron chi connectivity index (χ2n) is 4.58. The fraction of sp³-hybridized carbons (Fsp3) is 0.667. The Morgan fingerprint density at radius 3 is 2.63 bits per heavy atom. The molecule has 0 aliphatic carbocycles. The zero-order valence-electron chi connectivity index (χ0n) is 11.0. The first kappa shape index (κ1) is 15.5. The van der Waals surface area contributed by atoms with Crippen molar-refractivity contribution < 1.29 is 13.2 Å². The van der Waals surface area contributed by atoms with Crippen LogP contribution >= 0.6 is 0 Å². The van der Waals surface area contributed by atoms with Crippen LogP contribution in [0.3, 0.4) is 0 Å². The number of aromatic nitrogens is 2. The summed E-state index contributed by atoms with van der Waals surface area (Å²) in [6.07, 6.45) is -1.44. The highest BCUT2D eigenvalue weighted by Gasteiger charge is 2.25. The highest BCUT2D eigenvalue weighted by atomic mass is 19.4. The molecule has 1 rings (SSSR count). The van der Waals surface area contributed by atoms with Crippen molar-refractivity contribution >= 4 is 5.82 Å². The molecule has 0 unspecified atom stereocenters. The lowest BCUT2D eigenvalue weighted by Gasteiger charge is -2.11. The monoisotopic (exact) mass is 277 g/mol. The van der Waals surface area contributed by atoms with Crippen LogP contribution in [0.1, 0.15) is 39.2 Å². The van der Waals surface area contributed by atoms with Crippen molar-refractivity contribution in [1.82, 2.24) is 9.55 Å². The van der Waals surface area contributed by atoms with Gasteiger partial charge in [-0.3, -0.25) is 4.79 Å². The molecule has 7 heteroatoms. The number of nitrogens with zero attached hydrogens (tertiary/aromatic N) is 2. The molecular formula is C12H18F3N3O. The van der Waals surface area contributed by atoms with Gasteiger partial charge in [0.2, 0.25) is 0 Å². The second-order valence-corrected chi connectivity index (χ2v) is 4.58. The van der Waals surface area contributed by atoms with Gasteiger partial charge >= 0.3 is 6.18 Å². The zero-order valence-corrected chi connectivity index (χ0v) is 11.0. The van der Waals surface area contributed by atoms with E-state index in [1.54, 1.807) is 6.20 Å². The van der Waals surface area contributed by atoms with E-state index in [0.29, 0.717) is 13.0 Å². The van der Waals surface area contributed by atoms with Gasteiger partial charge in [-0.05, 0) is 26.7 Å². The summed E-state index contributed by atoms with van der Waals surface area (Å²) in [5, 5.41) is 2.78. The summed E-state index contributed by atoms with van der Waals surface area (Å²) in [5.41, 5.74) is -0.256. The normalized spacial score (nSPS) is 11.9. The van der Waals surface area contributed by atoms with Gasteiger partial charge in [0.15, 0.2) is 5.82 Å². The molecule has 0 aliphatic heterocycles. The Kier molecular flexibility index (Phi) is 5.38. The summed E-state index contributed by atoms with van der Waals surface area (Å²) in [7, 11) is 0. The van der Waals surface area contributed by atoms with Crippen molar-refractivity contribution in [3.63, 3.8) is 0 Å². The number of hydrogen-bond donors (Lipinski definition) is 1. The number of nitrogens with one attached hydrogen (secondary N) is 1. The third kappa shape index (κ3) is 5.32. The third-order valence-electron chi connectivity index (χ3n) is 2.60. The largest absolute Gasteiger partial charge is 0.389 e. The quantitative estimate of drug-likeness (QED) is 0.813. The van der Waals surface area contributed by atoms with Gasteiger partial charge in [0.1, 0.15) is 0 Å². The van der Waals surface area contributed by atoms with Crippen LogP contribution in [-0.2, 0) is 0 Å². The summed E-state index contributed by atoms with van der Waals surface area (Å²) >= 11 is 0. The van der Waals surface area contributed by atoms with Gasteiger partial charge in [-0.2, -0.15) is 13.2 Å². The van der Waals surface area contributed by atoms with Gasteiger partial charge in [0.25, 0.3) is 5.56 Å². The van der Waals surface area contributed by atoms with E-state index in [4.69, 9.17) is 0 Å². The molecule has 0 amide bonds. The third-order valence-corrected chi connectivity index (χ3v) is 2.60. The first-order valence-corrected chi connectivity index (χ1v) is 6.19. The molecule has 0 radical (unpaired) electrons. The second kappa shape index (κ2) is 6.58. The number of unbranched alkanes of at least 4 members (excludes halogenated alkanes) is 1. The van der Waals surface area contributed by atoms with Crippen molar-refractivity contribution in [2.75, 3.05) is 11.9 Å².